The van der Waals surface area contributed by atoms with Gasteiger partial charge in [0.25, 0.3) is 5.91 Å². The summed E-state index contributed by atoms with van der Waals surface area (Å²) in [7, 11) is 1.73. The van der Waals surface area contributed by atoms with Crippen LogP contribution in [0.3, 0.4) is 0 Å². The van der Waals surface area contributed by atoms with Crippen LogP contribution in [-0.4, -0.2) is 32.6 Å². The predicted molar refractivity (Wildman–Crippen MR) is 97.6 cm³/mol. The number of nitrogens with zero attached hydrogens (tertiary/aromatic N) is 3. The molecule has 2 aromatic heterocycles. The maximum atomic E-state index is 13.3. The van der Waals surface area contributed by atoms with Crippen molar-refractivity contribution in [1.29, 1.82) is 0 Å². The van der Waals surface area contributed by atoms with Crippen LogP contribution < -0.4 is 0 Å². The van der Waals surface area contributed by atoms with Gasteiger partial charge in [0.05, 0.1) is 11.9 Å². The molecule has 1 amide bonds. The van der Waals surface area contributed by atoms with Gasteiger partial charge < -0.3 is 9.88 Å². The number of carbonyl (C=O) groups excluding carboxylic acids is 1. The molecule has 2 heterocycles. The summed E-state index contributed by atoms with van der Waals surface area (Å²) in [5.74, 6) is -0.480. The molecule has 0 fully saturated rings. The summed E-state index contributed by atoms with van der Waals surface area (Å²) in [5, 5.41) is 5.02. The summed E-state index contributed by atoms with van der Waals surface area (Å²) < 4.78 is 15.1. The predicted octanol–water partition coefficient (Wildman–Crippen LogP) is 3.76. The van der Waals surface area contributed by atoms with Crippen molar-refractivity contribution in [2.24, 2.45) is 0 Å². The van der Waals surface area contributed by atoms with E-state index in [1.165, 1.54) is 12.1 Å². The molecular formula is C20H17FN4O. The van der Waals surface area contributed by atoms with E-state index in [9.17, 15) is 9.18 Å². The van der Waals surface area contributed by atoms with Crippen LogP contribution in [0.25, 0.3) is 16.6 Å². The Labute approximate surface area is 149 Å². The number of H-pyrrole nitrogens is 1. The lowest BCUT2D eigenvalue weighted by Gasteiger charge is -2.15. The van der Waals surface area contributed by atoms with Crippen LogP contribution in [0.4, 0.5) is 4.39 Å². The zero-order chi connectivity index (χ0) is 18.1. The second kappa shape index (κ2) is 6.48. The van der Waals surface area contributed by atoms with Crippen LogP contribution in [0.2, 0.25) is 0 Å². The molecule has 26 heavy (non-hydrogen) atoms. The van der Waals surface area contributed by atoms with E-state index >= 15 is 0 Å². The quantitative estimate of drug-likeness (QED) is 0.610. The Morgan fingerprint density at radius 1 is 1.19 bits per heavy atom. The SMILES string of the molecule is CN(Cc1cnn(-c2ccccc2)c1)C(=O)c1cc2cc(F)ccc2[nH]1. The minimum Gasteiger partial charge on any atom is -0.351 e. The molecule has 0 saturated carbocycles. The van der Waals surface area contributed by atoms with E-state index in [-0.39, 0.29) is 11.7 Å². The molecule has 0 bridgehead atoms. The standard InChI is InChI=1S/C20H17FN4O/c1-24(12-14-11-22-25(13-14)17-5-3-2-4-6-17)20(26)19-10-15-9-16(21)7-8-18(15)23-19/h2-11,13,23H,12H2,1H3. The monoisotopic (exact) mass is 348 g/mol. The van der Waals surface area contributed by atoms with Crippen LogP contribution in [-0.2, 0) is 6.54 Å². The molecule has 0 atom stereocenters. The van der Waals surface area contributed by atoms with Crippen LogP contribution in [0.15, 0.2) is 67.0 Å². The van der Waals surface area contributed by atoms with Crippen molar-refractivity contribution >= 4 is 16.8 Å². The normalized spacial score (nSPS) is 11.0. The van der Waals surface area contributed by atoms with Crippen molar-refractivity contribution in [1.82, 2.24) is 19.7 Å². The zero-order valence-electron chi connectivity index (χ0n) is 14.2. The molecule has 4 aromatic rings. The summed E-state index contributed by atoms with van der Waals surface area (Å²) in [6.07, 6.45) is 3.65. The van der Waals surface area contributed by atoms with Gasteiger partial charge in [0.2, 0.25) is 0 Å². The highest BCUT2D eigenvalue weighted by atomic mass is 19.1. The van der Waals surface area contributed by atoms with Gasteiger partial charge in [0.1, 0.15) is 11.5 Å². The third-order valence-electron chi connectivity index (χ3n) is 4.24. The van der Waals surface area contributed by atoms with Gasteiger partial charge in [-0.2, -0.15) is 5.10 Å². The average molecular weight is 348 g/mol. The number of aromatic amines is 1. The number of benzene rings is 2. The van der Waals surface area contributed by atoms with Crippen molar-refractivity contribution in [3.8, 4) is 5.69 Å². The molecule has 130 valence electrons. The van der Waals surface area contributed by atoms with E-state index in [1.807, 2.05) is 36.5 Å². The molecule has 5 nitrogen and oxygen atoms in total. The molecule has 0 aliphatic heterocycles. The highest BCUT2D eigenvalue weighted by Gasteiger charge is 2.16. The molecule has 0 unspecified atom stereocenters. The first-order valence-corrected chi connectivity index (χ1v) is 8.23. The lowest BCUT2D eigenvalue weighted by molar-refractivity contribution is 0.0780. The summed E-state index contributed by atoms with van der Waals surface area (Å²) in [6, 6.07) is 15.9. The molecule has 4 rings (SSSR count). The third-order valence-corrected chi connectivity index (χ3v) is 4.24. The topological polar surface area (TPSA) is 53.9 Å². The Morgan fingerprint density at radius 2 is 2.00 bits per heavy atom. The number of rotatable bonds is 4. The summed E-state index contributed by atoms with van der Waals surface area (Å²) >= 11 is 0. The Balaban J connectivity index is 1.51. The Morgan fingerprint density at radius 3 is 2.81 bits per heavy atom. The summed E-state index contributed by atoms with van der Waals surface area (Å²) in [5.41, 5.74) is 3.06. The van der Waals surface area contributed by atoms with Gasteiger partial charge in [-0.1, -0.05) is 18.2 Å². The Kier molecular flexibility index (Phi) is 4.01. The summed E-state index contributed by atoms with van der Waals surface area (Å²) in [6.45, 7) is 0.426. The van der Waals surface area contributed by atoms with E-state index in [2.05, 4.69) is 10.1 Å². The Hall–Kier alpha value is -3.41. The van der Waals surface area contributed by atoms with Crippen LogP contribution in [0.5, 0.6) is 0 Å². The van der Waals surface area contributed by atoms with E-state index < -0.39 is 0 Å². The number of carbonyl (C=O) groups is 1. The minimum atomic E-state index is -0.322. The minimum absolute atomic E-state index is 0.158. The second-order valence-electron chi connectivity index (χ2n) is 6.20. The largest absolute Gasteiger partial charge is 0.351 e. The number of nitrogens with one attached hydrogen (secondary N) is 1. The number of halogens is 1. The molecule has 6 heteroatoms. The smallest absolute Gasteiger partial charge is 0.270 e. The van der Waals surface area contributed by atoms with Crippen LogP contribution >= 0.6 is 0 Å². The van der Waals surface area contributed by atoms with Gasteiger partial charge in [-0.3, -0.25) is 4.79 Å². The van der Waals surface area contributed by atoms with Gasteiger partial charge >= 0.3 is 0 Å². The van der Waals surface area contributed by atoms with Crippen LogP contribution in [0, 0.1) is 5.82 Å². The maximum Gasteiger partial charge on any atom is 0.270 e. The first-order valence-electron chi connectivity index (χ1n) is 8.23. The van der Waals surface area contributed by atoms with Gasteiger partial charge in [-0.05, 0) is 36.4 Å². The van der Waals surface area contributed by atoms with E-state index in [1.54, 1.807) is 35.0 Å². The van der Waals surface area contributed by atoms with Crippen molar-refractivity contribution in [2.45, 2.75) is 6.54 Å². The molecule has 0 radical (unpaired) electrons. The number of aromatic nitrogens is 3. The maximum absolute atomic E-state index is 13.3. The van der Waals surface area contributed by atoms with Gasteiger partial charge in [-0.25, -0.2) is 9.07 Å². The summed E-state index contributed by atoms with van der Waals surface area (Å²) in [4.78, 5) is 17.3. The molecule has 0 saturated heterocycles. The fourth-order valence-corrected chi connectivity index (χ4v) is 2.93. The zero-order valence-corrected chi connectivity index (χ0v) is 14.2. The average Bonchev–Trinajstić information content (AvgIpc) is 3.28. The highest BCUT2D eigenvalue weighted by molar-refractivity contribution is 5.97. The van der Waals surface area contributed by atoms with E-state index in [0.717, 1.165) is 16.8 Å². The van der Waals surface area contributed by atoms with Crippen molar-refractivity contribution in [3.05, 3.63) is 84.1 Å². The van der Waals surface area contributed by atoms with Crippen LogP contribution in [0.1, 0.15) is 16.1 Å². The molecule has 1 N–H and O–H groups in total. The number of para-hydroxylation sites is 1. The second-order valence-corrected chi connectivity index (χ2v) is 6.20. The lowest BCUT2D eigenvalue weighted by Crippen LogP contribution is -2.26. The molecule has 0 aliphatic carbocycles. The third kappa shape index (κ3) is 3.09. The Bertz CT molecular complexity index is 1070. The fourth-order valence-electron chi connectivity index (χ4n) is 2.93. The van der Waals surface area contributed by atoms with Crippen molar-refractivity contribution < 1.29 is 9.18 Å². The van der Waals surface area contributed by atoms with Gasteiger partial charge in [-0.15, -0.1) is 0 Å². The molecular weight excluding hydrogens is 331 g/mol. The number of hydrogen-bond donors (Lipinski definition) is 1. The number of fused-ring (bicyclic) bond motifs is 1. The molecule has 2 aromatic carbocycles. The van der Waals surface area contributed by atoms with E-state index in [0.29, 0.717) is 17.6 Å². The first-order chi connectivity index (χ1) is 12.6. The molecule has 0 aliphatic rings. The number of amides is 1. The van der Waals surface area contributed by atoms with Crippen molar-refractivity contribution in [3.63, 3.8) is 0 Å². The van der Waals surface area contributed by atoms with Gasteiger partial charge in [0.15, 0.2) is 0 Å². The fraction of sp³-hybridized carbons (Fsp3) is 0.100. The lowest BCUT2D eigenvalue weighted by atomic mass is 10.2. The molecule has 0 spiro atoms. The first kappa shape index (κ1) is 16.1. The van der Waals surface area contributed by atoms with Gasteiger partial charge in [0, 0.05) is 36.3 Å². The van der Waals surface area contributed by atoms with Crippen molar-refractivity contribution in [2.75, 3.05) is 7.05 Å². The highest BCUT2D eigenvalue weighted by Crippen LogP contribution is 2.18. The number of hydrogen-bond acceptors (Lipinski definition) is 2. The van der Waals surface area contributed by atoms with E-state index in [4.69, 9.17) is 0 Å².